The number of benzene rings is 1. The number of rotatable bonds is 5. The van der Waals surface area contributed by atoms with Crippen molar-refractivity contribution in [1.29, 1.82) is 0 Å². The van der Waals surface area contributed by atoms with Crippen LogP contribution in [0.15, 0.2) is 24.3 Å². The van der Waals surface area contributed by atoms with E-state index in [1.54, 1.807) is 12.2 Å². The summed E-state index contributed by atoms with van der Waals surface area (Å²) < 4.78 is 10.6. The van der Waals surface area contributed by atoms with Crippen molar-refractivity contribution in [2.75, 3.05) is 26.4 Å². The van der Waals surface area contributed by atoms with Crippen LogP contribution in [-0.4, -0.2) is 42.8 Å². The summed E-state index contributed by atoms with van der Waals surface area (Å²) in [6.45, 7) is 9.82. The first kappa shape index (κ1) is 17.8. The Morgan fingerprint density at radius 3 is 2.96 bits per heavy atom. The number of carbonyl (C=O) groups is 1. The van der Waals surface area contributed by atoms with Gasteiger partial charge in [-0.3, -0.25) is 9.69 Å². The van der Waals surface area contributed by atoms with Gasteiger partial charge in [0.15, 0.2) is 11.5 Å². The number of fused-ring (bicyclic) bond motifs is 1. The van der Waals surface area contributed by atoms with Crippen molar-refractivity contribution in [3.05, 3.63) is 29.8 Å². The van der Waals surface area contributed by atoms with E-state index in [0.29, 0.717) is 6.54 Å². The summed E-state index contributed by atoms with van der Waals surface area (Å²) >= 11 is 0. The Bertz CT molecular complexity index is 654. The first-order valence-corrected chi connectivity index (χ1v) is 9.05. The topological polar surface area (TPSA) is 50.8 Å². The molecule has 1 saturated heterocycles. The summed E-state index contributed by atoms with van der Waals surface area (Å²) in [6, 6.07) is 5.65. The van der Waals surface area contributed by atoms with Crippen molar-refractivity contribution in [3.8, 4) is 11.5 Å². The summed E-state index contributed by atoms with van der Waals surface area (Å²) in [6.07, 6.45) is 5.92. The Kier molecular flexibility index (Phi) is 5.33. The highest BCUT2D eigenvalue weighted by Gasteiger charge is 2.30. The molecule has 5 heteroatoms. The molecule has 0 saturated carbocycles. The van der Waals surface area contributed by atoms with Gasteiger partial charge in [-0.15, -0.1) is 0 Å². The van der Waals surface area contributed by atoms with Crippen LogP contribution in [0, 0.1) is 5.92 Å². The van der Waals surface area contributed by atoms with E-state index in [0.717, 1.165) is 36.1 Å². The number of piperidine rings is 1. The van der Waals surface area contributed by atoms with Crippen molar-refractivity contribution in [2.45, 2.75) is 39.2 Å². The van der Waals surface area contributed by atoms with Crippen LogP contribution in [0.1, 0.15) is 39.2 Å². The van der Waals surface area contributed by atoms with Gasteiger partial charge in [0, 0.05) is 24.7 Å². The molecule has 0 bridgehead atoms. The third-order valence-electron chi connectivity index (χ3n) is 5.03. The van der Waals surface area contributed by atoms with Crippen molar-refractivity contribution in [3.63, 3.8) is 0 Å². The molecule has 1 amide bonds. The Morgan fingerprint density at radius 2 is 2.16 bits per heavy atom. The second-order valence-electron chi connectivity index (χ2n) is 7.67. The zero-order valence-electron chi connectivity index (χ0n) is 15.4. The molecule has 1 fully saturated rings. The molecule has 3 rings (SSSR count). The summed E-state index contributed by atoms with van der Waals surface area (Å²) in [5.41, 5.74) is 0.889. The van der Waals surface area contributed by atoms with Gasteiger partial charge in [0.25, 0.3) is 0 Å². The summed E-state index contributed by atoms with van der Waals surface area (Å²) in [4.78, 5) is 14.7. The molecule has 1 aromatic carbocycles. The van der Waals surface area contributed by atoms with E-state index >= 15 is 0 Å². The predicted molar refractivity (Wildman–Crippen MR) is 98.7 cm³/mol. The Morgan fingerprint density at radius 1 is 1.36 bits per heavy atom. The van der Waals surface area contributed by atoms with Crippen molar-refractivity contribution >= 4 is 12.0 Å². The molecule has 136 valence electrons. The average Bonchev–Trinajstić information content (AvgIpc) is 3.06. The molecule has 0 spiro atoms. The first-order valence-electron chi connectivity index (χ1n) is 9.05. The zero-order chi connectivity index (χ0) is 17.9. The molecule has 0 radical (unpaired) electrons. The van der Waals surface area contributed by atoms with Crippen LogP contribution >= 0.6 is 0 Å². The smallest absolute Gasteiger partial charge is 0.244 e. The minimum Gasteiger partial charge on any atom is -0.454 e. The largest absolute Gasteiger partial charge is 0.454 e. The lowest BCUT2D eigenvalue weighted by Gasteiger charge is -2.43. The quantitative estimate of drug-likeness (QED) is 0.834. The molecular formula is C20H28N2O3. The molecule has 1 unspecified atom stereocenters. The Balaban J connectivity index is 1.52. The molecule has 5 nitrogen and oxygen atoms in total. The van der Waals surface area contributed by atoms with Crippen molar-refractivity contribution < 1.29 is 14.3 Å². The molecule has 2 heterocycles. The number of nitrogens with one attached hydrogen (secondary N) is 1. The normalized spacial score (nSPS) is 20.8. The minimum atomic E-state index is -0.0733. The van der Waals surface area contributed by atoms with Crippen LogP contribution in [0.4, 0.5) is 0 Å². The second kappa shape index (κ2) is 7.48. The molecule has 1 aromatic rings. The van der Waals surface area contributed by atoms with Gasteiger partial charge in [-0.05, 0) is 62.9 Å². The maximum Gasteiger partial charge on any atom is 0.244 e. The van der Waals surface area contributed by atoms with E-state index in [-0.39, 0.29) is 18.2 Å². The minimum absolute atomic E-state index is 0.0308. The van der Waals surface area contributed by atoms with Crippen LogP contribution < -0.4 is 14.8 Å². The van der Waals surface area contributed by atoms with Gasteiger partial charge in [0.2, 0.25) is 12.7 Å². The predicted octanol–water partition coefficient (Wildman–Crippen LogP) is 3.06. The van der Waals surface area contributed by atoms with Gasteiger partial charge in [-0.1, -0.05) is 13.0 Å². The van der Waals surface area contributed by atoms with Gasteiger partial charge in [0.05, 0.1) is 0 Å². The standard InChI is InChI=1S/C20H28N2O3/c1-15-5-4-10-22(12-15)20(2,3)13-21-19(23)9-7-16-6-8-17-18(11-16)25-14-24-17/h6-9,11,15H,4-5,10,12-14H2,1-3H3,(H,21,23). The van der Waals surface area contributed by atoms with Gasteiger partial charge in [-0.25, -0.2) is 0 Å². The van der Waals surface area contributed by atoms with E-state index in [9.17, 15) is 4.79 Å². The maximum atomic E-state index is 12.2. The lowest BCUT2D eigenvalue weighted by Crippen LogP contribution is -2.54. The van der Waals surface area contributed by atoms with Gasteiger partial charge < -0.3 is 14.8 Å². The Hall–Kier alpha value is -2.01. The summed E-state index contributed by atoms with van der Waals surface area (Å²) in [5.74, 6) is 2.13. The van der Waals surface area contributed by atoms with Crippen LogP contribution in [0.25, 0.3) is 6.08 Å². The third kappa shape index (κ3) is 4.54. The number of hydrogen-bond donors (Lipinski definition) is 1. The molecule has 25 heavy (non-hydrogen) atoms. The van der Waals surface area contributed by atoms with Crippen LogP contribution in [0.5, 0.6) is 11.5 Å². The lowest BCUT2D eigenvalue weighted by atomic mass is 9.93. The fourth-order valence-electron chi connectivity index (χ4n) is 3.40. The summed E-state index contributed by atoms with van der Waals surface area (Å²) in [7, 11) is 0. The lowest BCUT2D eigenvalue weighted by molar-refractivity contribution is -0.117. The molecular weight excluding hydrogens is 316 g/mol. The monoisotopic (exact) mass is 344 g/mol. The number of carbonyl (C=O) groups excluding carboxylic acids is 1. The fraction of sp³-hybridized carbons (Fsp3) is 0.550. The first-order chi connectivity index (χ1) is 11.9. The molecule has 0 aromatic heterocycles. The van der Waals surface area contributed by atoms with E-state index < -0.39 is 0 Å². The Labute approximate surface area is 150 Å². The highest BCUT2D eigenvalue weighted by molar-refractivity contribution is 5.91. The number of likely N-dealkylation sites (tertiary alicyclic amines) is 1. The van der Waals surface area contributed by atoms with E-state index in [1.807, 2.05) is 18.2 Å². The van der Waals surface area contributed by atoms with E-state index in [2.05, 4.69) is 31.0 Å². The average molecular weight is 344 g/mol. The van der Waals surface area contributed by atoms with Gasteiger partial charge in [0.1, 0.15) is 0 Å². The highest BCUT2D eigenvalue weighted by Crippen LogP contribution is 2.32. The highest BCUT2D eigenvalue weighted by atomic mass is 16.7. The molecule has 1 atom stereocenters. The SMILES string of the molecule is CC1CCCN(C(C)(C)CNC(=O)C=Cc2ccc3c(c2)OCO3)C1. The molecule has 2 aliphatic rings. The molecule has 0 aliphatic carbocycles. The molecule has 2 aliphatic heterocycles. The van der Waals surface area contributed by atoms with Gasteiger partial charge in [-0.2, -0.15) is 0 Å². The number of ether oxygens (including phenoxy) is 2. The second-order valence-corrected chi connectivity index (χ2v) is 7.67. The van der Waals surface area contributed by atoms with Gasteiger partial charge >= 0.3 is 0 Å². The maximum absolute atomic E-state index is 12.2. The van der Waals surface area contributed by atoms with E-state index in [1.165, 1.54) is 12.8 Å². The number of nitrogens with zero attached hydrogens (tertiary/aromatic N) is 1. The van der Waals surface area contributed by atoms with Crippen LogP contribution in [0.3, 0.4) is 0 Å². The molecule has 1 N–H and O–H groups in total. The number of amides is 1. The number of hydrogen-bond acceptors (Lipinski definition) is 4. The summed E-state index contributed by atoms with van der Waals surface area (Å²) in [5, 5.41) is 3.03. The van der Waals surface area contributed by atoms with Crippen molar-refractivity contribution in [1.82, 2.24) is 10.2 Å². The van der Waals surface area contributed by atoms with Crippen LogP contribution in [-0.2, 0) is 4.79 Å². The van der Waals surface area contributed by atoms with E-state index in [4.69, 9.17) is 9.47 Å². The van der Waals surface area contributed by atoms with Crippen LogP contribution in [0.2, 0.25) is 0 Å². The zero-order valence-corrected chi connectivity index (χ0v) is 15.4. The van der Waals surface area contributed by atoms with Crippen molar-refractivity contribution in [2.24, 2.45) is 5.92 Å². The third-order valence-corrected chi connectivity index (χ3v) is 5.03. The fourth-order valence-corrected chi connectivity index (χ4v) is 3.40.